The topological polar surface area (TPSA) is 76.1 Å². The third kappa shape index (κ3) is 5.03. The molecular weight excluding hydrogens is 347 g/mol. The van der Waals surface area contributed by atoms with Crippen LogP contribution in [0.4, 0.5) is 14.9 Å². The first-order chi connectivity index (χ1) is 12.1. The van der Waals surface area contributed by atoms with Crippen LogP contribution < -0.4 is 15.4 Å². The highest BCUT2D eigenvalue weighted by molar-refractivity contribution is 6.33. The van der Waals surface area contributed by atoms with E-state index in [2.05, 4.69) is 20.6 Å². The molecule has 1 fully saturated rings. The SMILES string of the molecule is O=C(Nc1ccccc1Cl)NC1CCC(Oc2ncc(F)cn2)CC1. The number of nitrogens with zero attached hydrogens (tertiary/aromatic N) is 2. The number of ether oxygens (including phenoxy) is 1. The van der Waals surface area contributed by atoms with Gasteiger partial charge < -0.3 is 15.4 Å². The number of halogens is 2. The van der Waals surface area contributed by atoms with Gasteiger partial charge >= 0.3 is 12.0 Å². The third-order valence-electron chi connectivity index (χ3n) is 4.00. The monoisotopic (exact) mass is 364 g/mol. The molecule has 2 N–H and O–H groups in total. The van der Waals surface area contributed by atoms with Gasteiger partial charge in [-0.2, -0.15) is 0 Å². The van der Waals surface area contributed by atoms with Crippen LogP contribution in [-0.4, -0.2) is 28.1 Å². The van der Waals surface area contributed by atoms with E-state index >= 15 is 0 Å². The molecule has 0 radical (unpaired) electrons. The summed E-state index contributed by atoms with van der Waals surface area (Å²) in [7, 11) is 0. The van der Waals surface area contributed by atoms with Crippen molar-refractivity contribution in [2.24, 2.45) is 0 Å². The first-order valence-electron chi connectivity index (χ1n) is 8.06. The second kappa shape index (κ2) is 8.11. The summed E-state index contributed by atoms with van der Waals surface area (Å²) < 4.78 is 18.4. The summed E-state index contributed by atoms with van der Waals surface area (Å²) in [6, 6.07) is 7.04. The number of carbonyl (C=O) groups is 1. The van der Waals surface area contributed by atoms with E-state index in [1.165, 1.54) is 0 Å². The highest BCUT2D eigenvalue weighted by Crippen LogP contribution is 2.23. The number of para-hydroxylation sites is 1. The zero-order chi connectivity index (χ0) is 17.6. The Morgan fingerprint density at radius 1 is 1.16 bits per heavy atom. The van der Waals surface area contributed by atoms with E-state index in [4.69, 9.17) is 16.3 Å². The van der Waals surface area contributed by atoms with Crippen molar-refractivity contribution in [2.75, 3.05) is 5.32 Å². The summed E-state index contributed by atoms with van der Waals surface area (Å²) in [5, 5.41) is 6.18. The summed E-state index contributed by atoms with van der Waals surface area (Å²) >= 11 is 6.02. The van der Waals surface area contributed by atoms with E-state index in [9.17, 15) is 9.18 Å². The Labute approximate surface area is 149 Å². The minimum absolute atomic E-state index is 0.0323. The number of amides is 2. The average molecular weight is 365 g/mol. The van der Waals surface area contributed by atoms with Crippen molar-refractivity contribution in [2.45, 2.75) is 37.8 Å². The van der Waals surface area contributed by atoms with Crippen LogP contribution in [0.15, 0.2) is 36.7 Å². The Morgan fingerprint density at radius 3 is 2.52 bits per heavy atom. The third-order valence-corrected chi connectivity index (χ3v) is 4.33. The second-order valence-corrected chi connectivity index (χ2v) is 6.26. The lowest BCUT2D eigenvalue weighted by atomic mass is 9.93. The Hall–Kier alpha value is -2.41. The Balaban J connectivity index is 1.43. The van der Waals surface area contributed by atoms with Gasteiger partial charge in [0.25, 0.3) is 0 Å². The van der Waals surface area contributed by atoms with Crippen molar-refractivity contribution in [3.05, 3.63) is 47.5 Å². The van der Waals surface area contributed by atoms with E-state index in [0.29, 0.717) is 10.7 Å². The molecule has 1 heterocycles. The molecule has 0 spiro atoms. The van der Waals surface area contributed by atoms with Gasteiger partial charge in [-0.25, -0.2) is 19.2 Å². The van der Waals surface area contributed by atoms with E-state index in [0.717, 1.165) is 38.1 Å². The summed E-state index contributed by atoms with van der Waals surface area (Å²) in [6.45, 7) is 0. The number of carbonyl (C=O) groups excluding carboxylic acids is 1. The fourth-order valence-electron chi connectivity index (χ4n) is 2.74. The highest BCUT2D eigenvalue weighted by atomic mass is 35.5. The van der Waals surface area contributed by atoms with Crippen molar-refractivity contribution < 1.29 is 13.9 Å². The van der Waals surface area contributed by atoms with E-state index in [1.807, 2.05) is 6.07 Å². The smallest absolute Gasteiger partial charge is 0.319 e. The van der Waals surface area contributed by atoms with Crippen molar-refractivity contribution in [3.8, 4) is 6.01 Å². The zero-order valence-electron chi connectivity index (χ0n) is 13.4. The molecule has 0 atom stereocenters. The number of nitrogens with one attached hydrogen (secondary N) is 2. The van der Waals surface area contributed by atoms with E-state index in [-0.39, 0.29) is 24.2 Å². The number of rotatable bonds is 4. The molecule has 1 saturated carbocycles. The van der Waals surface area contributed by atoms with Crippen molar-refractivity contribution >= 4 is 23.3 Å². The number of hydrogen-bond acceptors (Lipinski definition) is 4. The molecule has 2 aromatic rings. The van der Waals surface area contributed by atoms with Crippen LogP contribution in [-0.2, 0) is 0 Å². The largest absolute Gasteiger partial charge is 0.460 e. The van der Waals surface area contributed by atoms with Gasteiger partial charge in [-0.05, 0) is 37.8 Å². The minimum atomic E-state index is -0.496. The maximum Gasteiger partial charge on any atom is 0.319 e. The molecule has 1 aromatic heterocycles. The molecule has 6 nitrogen and oxygen atoms in total. The first kappa shape index (κ1) is 17.4. The standard InChI is InChI=1S/C17H18ClFN4O2/c18-14-3-1-2-4-15(14)23-16(24)22-12-5-7-13(8-6-12)25-17-20-9-11(19)10-21-17/h1-4,9-10,12-13H,5-8H2,(H2,22,23,24). The lowest BCUT2D eigenvalue weighted by molar-refractivity contribution is 0.129. The molecule has 1 aliphatic rings. The molecule has 1 aromatic carbocycles. The maximum absolute atomic E-state index is 12.8. The molecule has 0 bridgehead atoms. The number of hydrogen-bond donors (Lipinski definition) is 2. The van der Waals surface area contributed by atoms with Gasteiger partial charge in [0, 0.05) is 6.04 Å². The van der Waals surface area contributed by atoms with Crippen molar-refractivity contribution in [1.82, 2.24) is 15.3 Å². The average Bonchev–Trinajstić information content (AvgIpc) is 2.61. The fraction of sp³-hybridized carbons (Fsp3) is 0.353. The summed E-state index contributed by atoms with van der Waals surface area (Å²) in [5.74, 6) is -0.496. The first-order valence-corrected chi connectivity index (χ1v) is 8.44. The number of urea groups is 1. The van der Waals surface area contributed by atoms with Crippen LogP contribution in [0.25, 0.3) is 0 Å². The molecule has 8 heteroatoms. The molecule has 3 rings (SSSR count). The molecule has 2 amide bonds. The van der Waals surface area contributed by atoms with Gasteiger partial charge in [0.1, 0.15) is 6.10 Å². The van der Waals surface area contributed by atoms with Crippen LogP contribution in [0, 0.1) is 5.82 Å². The molecule has 0 aliphatic heterocycles. The van der Waals surface area contributed by atoms with E-state index in [1.54, 1.807) is 18.2 Å². The molecule has 0 saturated heterocycles. The Morgan fingerprint density at radius 2 is 1.84 bits per heavy atom. The number of benzene rings is 1. The van der Waals surface area contributed by atoms with Crippen LogP contribution in [0.5, 0.6) is 6.01 Å². The van der Waals surface area contributed by atoms with Gasteiger partial charge in [0.05, 0.1) is 23.1 Å². The molecule has 1 aliphatic carbocycles. The summed E-state index contributed by atoms with van der Waals surface area (Å²) in [5.41, 5.74) is 0.576. The lowest BCUT2D eigenvalue weighted by Crippen LogP contribution is -2.41. The quantitative estimate of drug-likeness (QED) is 0.865. The Kier molecular flexibility index (Phi) is 5.65. The predicted octanol–water partition coefficient (Wildman–Crippen LogP) is 3.78. The van der Waals surface area contributed by atoms with Crippen molar-refractivity contribution in [3.63, 3.8) is 0 Å². The minimum Gasteiger partial charge on any atom is -0.460 e. The molecule has 25 heavy (non-hydrogen) atoms. The van der Waals surface area contributed by atoms with Gasteiger partial charge in [0.2, 0.25) is 0 Å². The normalized spacial score (nSPS) is 19.9. The highest BCUT2D eigenvalue weighted by Gasteiger charge is 2.24. The van der Waals surface area contributed by atoms with Crippen molar-refractivity contribution in [1.29, 1.82) is 0 Å². The maximum atomic E-state index is 12.8. The van der Waals surface area contributed by atoms with E-state index < -0.39 is 5.82 Å². The van der Waals surface area contributed by atoms with Gasteiger partial charge in [-0.3, -0.25) is 0 Å². The van der Waals surface area contributed by atoms with Crippen LogP contribution in [0.2, 0.25) is 5.02 Å². The Bertz CT molecular complexity index is 721. The van der Waals surface area contributed by atoms with Gasteiger partial charge in [-0.15, -0.1) is 0 Å². The molecular formula is C17H18ClFN4O2. The second-order valence-electron chi connectivity index (χ2n) is 5.85. The lowest BCUT2D eigenvalue weighted by Gasteiger charge is -2.28. The summed E-state index contributed by atoms with van der Waals surface area (Å²) in [4.78, 5) is 19.7. The van der Waals surface area contributed by atoms with Crippen LogP contribution in [0.3, 0.4) is 0 Å². The molecule has 0 unspecified atom stereocenters. The van der Waals surface area contributed by atoms with Gasteiger partial charge in [0.15, 0.2) is 5.82 Å². The predicted molar refractivity (Wildman–Crippen MR) is 92.3 cm³/mol. The van der Waals surface area contributed by atoms with Crippen LogP contribution >= 0.6 is 11.6 Å². The summed E-state index contributed by atoms with van der Waals surface area (Å²) in [6.07, 6.45) is 5.21. The molecule has 132 valence electrons. The van der Waals surface area contributed by atoms with Crippen LogP contribution in [0.1, 0.15) is 25.7 Å². The number of anilines is 1. The zero-order valence-corrected chi connectivity index (χ0v) is 14.2. The van der Waals surface area contributed by atoms with Gasteiger partial charge in [-0.1, -0.05) is 23.7 Å². The number of aromatic nitrogens is 2. The fourth-order valence-corrected chi connectivity index (χ4v) is 2.92.